The van der Waals surface area contributed by atoms with E-state index in [1.807, 2.05) is 47.3 Å². The first-order chi connectivity index (χ1) is 9.13. The average molecular weight is 335 g/mol. The van der Waals surface area contributed by atoms with Crippen LogP contribution in [0.1, 0.15) is 21.6 Å². The van der Waals surface area contributed by atoms with Crippen LogP contribution in [0.15, 0.2) is 40.4 Å². The smallest absolute Gasteiger partial charge is 0.193 e. The molecule has 96 valence electrons. The summed E-state index contributed by atoms with van der Waals surface area (Å²) in [5.74, 6) is 0.0893. The van der Waals surface area contributed by atoms with Crippen LogP contribution in [-0.2, 0) is 6.42 Å². The molecule has 3 nitrogen and oxygen atoms in total. The van der Waals surface area contributed by atoms with Crippen LogP contribution < -0.4 is 0 Å². The Balaban J connectivity index is 1.84. The SMILES string of the molecule is Cc1ccc(C(=O)Cc2cn3ccsc3n2)cc1Br. The van der Waals surface area contributed by atoms with Gasteiger partial charge in [0, 0.05) is 27.8 Å². The third-order valence-corrected chi connectivity index (χ3v) is 4.60. The lowest BCUT2D eigenvalue weighted by Gasteiger charge is -2.02. The summed E-state index contributed by atoms with van der Waals surface area (Å²) in [4.78, 5) is 17.6. The maximum absolute atomic E-state index is 12.2. The molecular formula is C14H11BrN2OS. The van der Waals surface area contributed by atoms with Crippen molar-refractivity contribution >= 4 is 38.0 Å². The molecule has 2 aromatic heterocycles. The Morgan fingerprint density at radius 3 is 3.05 bits per heavy atom. The van der Waals surface area contributed by atoms with E-state index in [1.54, 1.807) is 11.3 Å². The molecule has 19 heavy (non-hydrogen) atoms. The van der Waals surface area contributed by atoms with Crippen molar-refractivity contribution in [2.45, 2.75) is 13.3 Å². The summed E-state index contributed by atoms with van der Waals surface area (Å²) in [7, 11) is 0. The molecule has 0 amide bonds. The molecule has 0 bridgehead atoms. The molecular weight excluding hydrogens is 324 g/mol. The molecule has 1 aromatic carbocycles. The molecule has 3 aromatic rings. The van der Waals surface area contributed by atoms with E-state index in [0.29, 0.717) is 12.0 Å². The molecule has 0 atom stereocenters. The summed E-state index contributed by atoms with van der Waals surface area (Å²) < 4.78 is 2.90. The molecule has 3 rings (SSSR count). The van der Waals surface area contributed by atoms with E-state index in [0.717, 1.165) is 20.7 Å². The number of carbonyl (C=O) groups excluding carboxylic acids is 1. The number of hydrogen-bond acceptors (Lipinski definition) is 3. The fourth-order valence-electron chi connectivity index (χ4n) is 1.89. The van der Waals surface area contributed by atoms with Gasteiger partial charge in [-0.25, -0.2) is 4.98 Å². The minimum atomic E-state index is 0.0893. The van der Waals surface area contributed by atoms with Crippen LogP contribution in [0.5, 0.6) is 0 Å². The van der Waals surface area contributed by atoms with E-state index in [-0.39, 0.29) is 5.78 Å². The molecule has 0 radical (unpaired) electrons. The number of rotatable bonds is 3. The van der Waals surface area contributed by atoms with Crippen LogP contribution in [0.4, 0.5) is 0 Å². The fraction of sp³-hybridized carbons (Fsp3) is 0.143. The van der Waals surface area contributed by atoms with Crippen LogP contribution in [0.3, 0.4) is 0 Å². The van der Waals surface area contributed by atoms with Gasteiger partial charge in [0.25, 0.3) is 0 Å². The Labute approximate surface area is 123 Å². The standard InChI is InChI=1S/C14H11BrN2OS/c1-9-2-3-10(6-12(9)15)13(18)7-11-8-17-4-5-19-14(17)16-11/h2-6,8H,7H2,1H3. The van der Waals surface area contributed by atoms with Gasteiger partial charge in [-0.15, -0.1) is 11.3 Å². The number of fused-ring (bicyclic) bond motifs is 1. The minimum Gasteiger partial charge on any atom is -0.297 e. The van der Waals surface area contributed by atoms with E-state index >= 15 is 0 Å². The van der Waals surface area contributed by atoms with Crippen molar-refractivity contribution in [3.63, 3.8) is 0 Å². The Kier molecular flexibility index (Phi) is 3.24. The number of carbonyl (C=O) groups is 1. The minimum absolute atomic E-state index is 0.0893. The number of aryl methyl sites for hydroxylation is 1. The second-order valence-electron chi connectivity index (χ2n) is 4.39. The molecule has 0 saturated carbocycles. The number of Topliss-reactive ketones (excluding diaryl/α,β-unsaturated/α-hetero) is 1. The van der Waals surface area contributed by atoms with Crippen molar-refractivity contribution in [3.05, 3.63) is 57.3 Å². The molecule has 0 unspecified atom stereocenters. The van der Waals surface area contributed by atoms with Gasteiger partial charge >= 0.3 is 0 Å². The van der Waals surface area contributed by atoms with Crippen LogP contribution in [-0.4, -0.2) is 15.2 Å². The van der Waals surface area contributed by atoms with Crippen LogP contribution >= 0.6 is 27.3 Å². The molecule has 0 aliphatic rings. The number of aromatic nitrogens is 2. The Morgan fingerprint density at radius 1 is 1.47 bits per heavy atom. The van der Waals surface area contributed by atoms with Crippen molar-refractivity contribution < 1.29 is 4.79 Å². The maximum Gasteiger partial charge on any atom is 0.193 e. The molecule has 0 fully saturated rings. The second-order valence-corrected chi connectivity index (χ2v) is 6.12. The fourth-order valence-corrected chi connectivity index (χ4v) is 2.99. The molecule has 0 N–H and O–H groups in total. The largest absolute Gasteiger partial charge is 0.297 e. The lowest BCUT2D eigenvalue weighted by atomic mass is 10.1. The van der Waals surface area contributed by atoms with Gasteiger partial charge in [0.15, 0.2) is 10.7 Å². The van der Waals surface area contributed by atoms with E-state index < -0.39 is 0 Å². The Bertz CT molecular complexity index is 731. The number of halogens is 1. The molecule has 2 heterocycles. The predicted molar refractivity (Wildman–Crippen MR) is 80.0 cm³/mol. The lowest BCUT2D eigenvalue weighted by Crippen LogP contribution is -2.04. The normalized spacial score (nSPS) is 11.1. The topological polar surface area (TPSA) is 34.4 Å². The molecule has 0 spiro atoms. The summed E-state index contributed by atoms with van der Waals surface area (Å²) in [6, 6.07) is 5.68. The van der Waals surface area contributed by atoms with Gasteiger partial charge in [-0.1, -0.05) is 28.1 Å². The molecule has 0 aliphatic carbocycles. The van der Waals surface area contributed by atoms with Crippen LogP contribution in [0.2, 0.25) is 0 Å². The summed E-state index contributed by atoms with van der Waals surface area (Å²) >= 11 is 5.02. The van der Waals surface area contributed by atoms with Crippen LogP contribution in [0, 0.1) is 6.92 Å². The number of imidazole rings is 1. The van der Waals surface area contributed by atoms with Crippen molar-refractivity contribution in [1.82, 2.24) is 9.38 Å². The highest BCUT2D eigenvalue weighted by Gasteiger charge is 2.11. The number of ketones is 1. The Hall–Kier alpha value is -1.46. The van der Waals surface area contributed by atoms with Gasteiger partial charge < -0.3 is 0 Å². The Morgan fingerprint density at radius 2 is 2.32 bits per heavy atom. The van der Waals surface area contributed by atoms with Crippen LogP contribution in [0.25, 0.3) is 4.96 Å². The first-order valence-electron chi connectivity index (χ1n) is 5.84. The highest BCUT2D eigenvalue weighted by molar-refractivity contribution is 9.10. The van der Waals surface area contributed by atoms with E-state index in [4.69, 9.17) is 0 Å². The van der Waals surface area contributed by atoms with Gasteiger partial charge in [-0.05, 0) is 18.6 Å². The quantitative estimate of drug-likeness (QED) is 0.681. The zero-order chi connectivity index (χ0) is 13.4. The molecule has 5 heteroatoms. The zero-order valence-corrected chi connectivity index (χ0v) is 12.7. The summed E-state index contributed by atoms with van der Waals surface area (Å²) in [6.45, 7) is 2.00. The van der Waals surface area contributed by atoms with Crippen molar-refractivity contribution in [3.8, 4) is 0 Å². The average Bonchev–Trinajstić information content (AvgIpc) is 2.93. The predicted octanol–water partition coefficient (Wildman–Crippen LogP) is 3.89. The number of benzene rings is 1. The second kappa shape index (κ2) is 4.90. The first kappa shape index (κ1) is 12.6. The van der Waals surface area contributed by atoms with E-state index in [1.165, 1.54) is 0 Å². The van der Waals surface area contributed by atoms with Crippen molar-refractivity contribution in [1.29, 1.82) is 0 Å². The summed E-state index contributed by atoms with van der Waals surface area (Å²) in [5.41, 5.74) is 2.65. The number of thiazole rings is 1. The maximum atomic E-state index is 12.2. The van der Waals surface area contributed by atoms with Gasteiger partial charge in [-0.2, -0.15) is 0 Å². The highest BCUT2D eigenvalue weighted by Crippen LogP contribution is 2.19. The third kappa shape index (κ3) is 2.48. The van der Waals surface area contributed by atoms with Gasteiger partial charge in [0.1, 0.15) is 0 Å². The zero-order valence-electron chi connectivity index (χ0n) is 10.3. The third-order valence-electron chi connectivity index (χ3n) is 2.98. The van der Waals surface area contributed by atoms with Crippen molar-refractivity contribution in [2.75, 3.05) is 0 Å². The monoisotopic (exact) mass is 334 g/mol. The summed E-state index contributed by atoms with van der Waals surface area (Å²) in [5, 5.41) is 1.98. The van der Waals surface area contributed by atoms with E-state index in [2.05, 4.69) is 20.9 Å². The summed E-state index contributed by atoms with van der Waals surface area (Å²) in [6.07, 6.45) is 4.19. The van der Waals surface area contributed by atoms with Gasteiger partial charge in [0.2, 0.25) is 0 Å². The molecule has 0 aliphatic heterocycles. The van der Waals surface area contributed by atoms with Gasteiger partial charge in [0.05, 0.1) is 12.1 Å². The lowest BCUT2D eigenvalue weighted by molar-refractivity contribution is 0.0992. The van der Waals surface area contributed by atoms with Crippen molar-refractivity contribution in [2.24, 2.45) is 0 Å². The highest BCUT2D eigenvalue weighted by atomic mass is 79.9. The molecule has 0 saturated heterocycles. The number of hydrogen-bond donors (Lipinski definition) is 0. The van der Waals surface area contributed by atoms with Gasteiger partial charge in [-0.3, -0.25) is 9.20 Å². The number of nitrogens with zero attached hydrogens (tertiary/aromatic N) is 2. The van der Waals surface area contributed by atoms with E-state index in [9.17, 15) is 4.79 Å². The first-order valence-corrected chi connectivity index (χ1v) is 7.51.